The van der Waals surface area contributed by atoms with Gasteiger partial charge < -0.3 is 11.5 Å². The Morgan fingerprint density at radius 3 is 2.69 bits per heavy atom. The summed E-state index contributed by atoms with van der Waals surface area (Å²) in [6.07, 6.45) is 0. The number of benzene rings is 1. The molecular weight excluding hydrogens is 209 g/mol. The molecule has 1 fully saturated rings. The zero-order chi connectivity index (χ0) is 11.7. The Morgan fingerprint density at radius 2 is 2.19 bits per heavy atom. The topological polar surface area (TPSA) is 72.4 Å². The molecule has 1 aromatic carbocycles. The number of likely N-dealkylation sites (tertiary alicyclic amines) is 1. The maximum Gasteiger partial charge on any atom is 0.248 e. The van der Waals surface area contributed by atoms with Crippen molar-refractivity contribution in [1.82, 2.24) is 4.90 Å². The number of hydrogen-bond donors (Lipinski definition) is 2. The van der Waals surface area contributed by atoms with Gasteiger partial charge in [-0.05, 0) is 12.1 Å². The van der Waals surface area contributed by atoms with E-state index in [-0.39, 0.29) is 11.6 Å². The Kier molecular flexibility index (Phi) is 2.89. The lowest BCUT2D eigenvalue weighted by atomic mass is 10.1. The predicted molar refractivity (Wildman–Crippen MR) is 58.2 cm³/mol. The van der Waals surface area contributed by atoms with E-state index in [9.17, 15) is 9.18 Å². The van der Waals surface area contributed by atoms with Gasteiger partial charge in [-0.1, -0.05) is 6.07 Å². The van der Waals surface area contributed by atoms with Crippen LogP contribution in [0.15, 0.2) is 18.2 Å². The molecule has 1 aromatic rings. The summed E-state index contributed by atoms with van der Waals surface area (Å²) in [7, 11) is 0. The number of primary amides is 1. The van der Waals surface area contributed by atoms with Gasteiger partial charge >= 0.3 is 0 Å². The standard InChI is InChI=1S/C11H14FN3O/c12-10-3-7(11(14)16)1-2-8(10)4-15-5-9(13)6-15/h1-3,9H,4-6,13H2,(H2,14,16). The Bertz CT molecular complexity index is 416. The van der Waals surface area contributed by atoms with Crippen LogP contribution >= 0.6 is 0 Å². The van der Waals surface area contributed by atoms with E-state index in [1.807, 2.05) is 4.90 Å². The summed E-state index contributed by atoms with van der Waals surface area (Å²) in [5.41, 5.74) is 11.4. The molecule has 4 nitrogen and oxygen atoms in total. The molecule has 0 atom stereocenters. The van der Waals surface area contributed by atoms with E-state index in [1.54, 1.807) is 12.1 Å². The molecule has 0 radical (unpaired) electrons. The van der Waals surface area contributed by atoms with Gasteiger partial charge in [-0.25, -0.2) is 4.39 Å². The van der Waals surface area contributed by atoms with Crippen LogP contribution < -0.4 is 11.5 Å². The summed E-state index contributed by atoms with van der Waals surface area (Å²) in [6.45, 7) is 2.10. The Balaban J connectivity index is 2.07. The van der Waals surface area contributed by atoms with Crippen LogP contribution in [0.1, 0.15) is 15.9 Å². The van der Waals surface area contributed by atoms with E-state index in [4.69, 9.17) is 11.5 Å². The van der Waals surface area contributed by atoms with Gasteiger partial charge in [0.15, 0.2) is 0 Å². The van der Waals surface area contributed by atoms with Gasteiger partial charge in [0, 0.05) is 36.8 Å². The average molecular weight is 223 g/mol. The van der Waals surface area contributed by atoms with E-state index in [2.05, 4.69) is 0 Å². The van der Waals surface area contributed by atoms with Gasteiger partial charge in [0.25, 0.3) is 0 Å². The highest BCUT2D eigenvalue weighted by atomic mass is 19.1. The fourth-order valence-corrected chi connectivity index (χ4v) is 1.81. The molecule has 1 aliphatic heterocycles. The number of nitrogens with two attached hydrogens (primary N) is 2. The van der Waals surface area contributed by atoms with Crippen molar-refractivity contribution < 1.29 is 9.18 Å². The van der Waals surface area contributed by atoms with Crippen LogP contribution in [0.4, 0.5) is 4.39 Å². The Hall–Kier alpha value is -1.46. The van der Waals surface area contributed by atoms with Crippen LogP contribution in [-0.2, 0) is 6.54 Å². The predicted octanol–water partition coefficient (Wildman–Crippen LogP) is 0.0675. The molecule has 0 aliphatic carbocycles. The molecule has 1 saturated heterocycles. The number of nitrogens with zero attached hydrogens (tertiary/aromatic N) is 1. The summed E-state index contributed by atoms with van der Waals surface area (Å²) in [6, 6.07) is 4.52. The largest absolute Gasteiger partial charge is 0.366 e. The van der Waals surface area contributed by atoms with Crippen LogP contribution in [0, 0.1) is 5.82 Å². The normalized spacial score (nSPS) is 17.1. The fraction of sp³-hybridized carbons (Fsp3) is 0.364. The molecule has 0 saturated carbocycles. The van der Waals surface area contributed by atoms with Gasteiger partial charge in [0.1, 0.15) is 5.82 Å². The highest BCUT2D eigenvalue weighted by molar-refractivity contribution is 5.92. The van der Waals surface area contributed by atoms with Crippen molar-refractivity contribution in [3.05, 3.63) is 35.1 Å². The molecule has 2 rings (SSSR count). The van der Waals surface area contributed by atoms with Crippen LogP contribution in [-0.4, -0.2) is 29.9 Å². The van der Waals surface area contributed by atoms with Gasteiger partial charge in [-0.15, -0.1) is 0 Å². The maximum absolute atomic E-state index is 13.6. The third kappa shape index (κ3) is 2.20. The molecule has 0 unspecified atom stereocenters. The van der Waals surface area contributed by atoms with Gasteiger partial charge in [0.2, 0.25) is 5.91 Å². The molecule has 4 N–H and O–H groups in total. The van der Waals surface area contributed by atoms with Gasteiger partial charge in [-0.2, -0.15) is 0 Å². The van der Waals surface area contributed by atoms with Crippen LogP contribution in [0.2, 0.25) is 0 Å². The first-order valence-electron chi connectivity index (χ1n) is 5.12. The van der Waals surface area contributed by atoms with Crippen molar-refractivity contribution >= 4 is 5.91 Å². The summed E-state index contributed by atoms with van der Waals surface area (Å²) in [4.78, 5) is 12.9. The second-order valence-electron chi connectivity index (χ2n) is 4.12. The first kappa shape index (κ1) is 11.0. The van der Waals surface area contributed by atoms with E-state index >= 15 is 0 Å². The van der Waals surface area contributed by atoms with Crippen molar-refractivity contribution in [2.75, 3.05) is 13.1 Å². The molecule has 1 aliphatic rings. The zero-order valence-electron chi connectivity index (χ0n) is 8.82. The minimum atomic E-state index is -0.614. The minimum Gasteiger partial charge on any atom is -0.366 e. The SMILES string of the molecule is NC(=O)c1ccc(CN2CC(N)C2)c(F)c1. The van der Waals surface area contributed by atoms with Crippen molar-refractivity contribution in [1.29, 1.82) is 0 Å². The lowest BCUT2D eigenvalue weighted by molar-refractivity contribution is 0.0999. The molecule has 1 heterocycles. The molecule has 5 heteroatoms. The molecule has 0 aromatic heterocycles. The monoisotopic (exact) mass is 223 g/mol. The number of amides is 1. The van der Waals surface area contributed by atoms with Gasteiger partial charge in [-0.3, -0.25) is 9.69 Å². The lowest BCUT2D eigenvalue weighted by Gasteiger charge is -2.36. The first-order chi connectivity index (χ1) is 7.56. The van der Waals surface area contributed by atoms with Crippen LogP contribution in [0.3, 0.4) is 0 Å². The molecule has 0 spiro atoms. The summed E-state index contributed by atoms with van der Waals surface area (Å²) >= 11 is 0. The minimum absolute atomic E-state index is 0.196. The lowest BCUT2D eigenvalue weighted by Crippen LogP contribution is -2.54. The van der Waals surface area contributed by atoms with Gasteiger partial charge in [0.05, 0.1) is 0 Å². The number of rotatable bonds is 3. The highest BCUT2D eigenvalue weighted by Crippen LogP contribution is 2.16. The fourth-order valence-electron chi connectivity index (χ4n) is 1.81. The van der Waals surface area contributed by atoms with Crippen molar-refractivity contribution in [3.8, 4) is 0 Å². The number of carbonyl (C=O) groups is 1. The van der Waals surface area contributed by atoms with E-state index in [0.29, 0.717) is 12.1 Å². The third-order valence-electron chi connectivity index (χ3n) is 2.72. The summed E-state index contributed by atoms with van der Waals surface area (Å²) in [5.74, 6) is -1.01. The summed E-state index contributed by atoms with van der Waals surface area (Å²) in [5, 5.41) is 0. The average Bonchev–Trinajstić information content (AvgIpc) is 2.18. The number of hydrogen-bond acceptors (Lipinski definition) is 3. The molecule has 0 bridgehead atoms. The molecular formula is C11H14FN3O. The quantitative estimate of drug-likeness (QED) is 0.761. The van der Waals surface area contributed by atoms with Crippen LogP contribution in [0.5, 0.6) is 0 Å². The second kappa shape index (κ2) is 4.19. The van der Waals surface area contributed by atoms with E-state index in [0.717, 1.165) is 13.1 Å². The molecule has 1 amide bonds. The smallest absolute Gasteiger partial charge is 0.248 e. The third-order valence-corrected chi connectivity index (χ3v) is 2.72. The van der Waals surface area contributed by atoms with Crippen LogP contribution in [0.25, 0.3) is 0 Å². The number of carbonyl (C=O) groups excluding carboxylic acids is 1. The van der Waals surface area contributed by atoms with E-state index < -0.39 is 11.7 Å². The molecule has 16 heavy (non-hydrogen) atoms. The summed E-state index contributed by atoms with van der Waals surface area (Å²) < 4.78 is 13.6. The van der Waals surface area contributed by atoms with Crippen molar-refractivity contribution in [3.63, 3.8) is 0 Å². The number of halogens is 1. The van der Waals surface area contributed by atoms with E-state index in [1.165, 1.54) is 6.07 Å². The Morgan fingerprint density at radius 1 is 1.50 bits per heavy atom. The zero-order valence-corrected chi connectivity index (χ0v) is 8.82. The van der Waals surface area contributed by atoms with Crippen molar-refractivity contribution in [2.24, 2.45) is 11.5 Å². The highest BCUT2D eigenvalue weighted by Gasteiger charge is 2.23. The maximum atomic E-state index is 13.6. The second-order valence-corrected chi connectivity index (χ2v) is 4.12. The Labute approximate surface area is 93.0 Å². The molecule has 86 valence electrons. The van der Waals surface area contributed by atoms with Crippen molar-refractivity contribution in [2.45, 2.75) is 12.6 Å². The first-order valence-corrected chi connectivity index (χ1v) is 5.12.